The molecule has 0 aliphatic carbocycles. The van der Waals surface area contributed by atoms with E-state index < -0.39 is 10.0 Å². The summed E-state index contributed by atoms with van der Waals surface area (Å²) in [4.78, 5) is 0.446. The summed E-state index contributed by atoms with van der Waals surface area (Å²) in [6, 6.07) is 5.52. The second-order valence-electron chi connectivity index (χ2n) is 4.90. The summed E-state index contributed by atoms with van der Waals surface area (Å²) in [6.07, 6.45) is 0.941. The maximum absolute atomic E-state index is 12.6. The van der Waals surface area contributed by atoms with Crippen LogP contribution in [0.3, 0.4) is 0 Å². The Morgan fingerprint density at radius 1 is 1.11 bits per heavy atom. The SMILES string of the molecule is O=S(=O)(c1ccc2c(c1)CNC2)N1CCCSCC1. The Kier molecular flexibility index (Phi) is 3.84. The van der Waals surface area contributed by atoms with Gasteiger partial charge in [-0.25, -0.2) is 8.42 Å². The van der Waals surface area contributed by atoms with Crippen LogP contribution in [0.25, 0.3) is 0 Å². The molecule has 0 aromatic heterocycles. The first-order chi connectivity index (χ1) is 9.18. The van der Waals surface area contributed by atoms with Crippen LogP contribution in [0.5, 0.6) is 0 Å². The van der Waals surface area contributed by atoms with Crippen LogP contribution in [-0.4, -0.2) is 37.3 Å². The lowest BCUT2D eigenvalue weighted by molar-refractivity contribution is 0.435. The molecule has 0 atom stereocenters. The lowest BCUT2D eigenvalue weighted by atomic mass is 10.1. The van der Waals surface area contributed by atoms with Crippen molar-refractivity contribution < 1.29 is 8.42 Å². The highest BCUT2D eigenvalue weighted by Gasteiger charge is 2.26. The molecule has 6 heteroatoms. The third kappa shape index (κ3) is 2.67. The van der Waals surface area contributed by atoms with Gasteiger partial charge in [0, 0.05) is 31.9 Å². The zero-order valence-electron chi connectivity index (χ0n) is 10.8. The van der Waals surface area contributed by atoms with Crippen molar-refractivity contribution in [2.75, 3.05) is 24.6 Å². The number of hydrogen-bond acceptors (Lipinski definition) is 4. The summed E-state index contributed by atoms with van der Waals surface area (Å²) in [5.74, 6) is 1.95. The summed E-state index contributed by atoms with van der Waals surface area (Å²) in [5, 5.41) is 3.24. The number of rotatable bonds is 2. The number of nitrogens with zero attached hydrogens (tertiary/aromatic N) is 1. The van der Waals surface area contributed by atoms with Gasteiger partial charge in [-0.1, -0.05) is 6.07 Å². The Hall–Kier alpha value is -0.560. The van der Waals surface area contributed by atoms with Crippen molar-refractivity contribution in [3.63, 3.8) is 0 Å². The minimum absolute atomic E-state index is 0.446. The summed E-state index contributed by atoms with van der Waals surface area (Å²) < 4.78 is 26.9. The molecule has 0 saturated carbocycles. The van der Waals surface area contributed by atoms with Gasteiger partial charge in [-0.15, -0.1) is 0 Å². The normalized spacial score (nSPS) is 21.1. The number of sulfonamides is 1. The van der Waals surface area contributed by atoms with E-state index in [1.807, 2.05) is 23.9 Å². The molecule has 19 heavy (non-hydrogen) atoms. The Bertz CT molecular complexity index is 564. The predicted molar refractivity (Wildman–Crippen MR) is 77.7 cm³/mol. The minimum atomic E-state index is -3.31. The van der Waals surface area contributed by atoms with E-state index in [9.17, 15) is 8.42 Å². The molecule has 1 aromatic carbocycles. The van der Waals surface area contributed by atoms with Gasteiger partial charge in [0.05, 0.1) is 4.90 Å². The van der Waals surface area contributed by atoms with Gasteiger partial charge < -0.3 is 5.32 Å². The molecule has 1 N–H and O–H groups in total. The van der Waals surface area contributed by atoms with Crippen LogP contribution < -0.4 is 5.32 Å². The minimum Gasteiger partial charge on any atom is -0.309 e. The van der Waals surface area contributed by atoms with Crippen LogP contribution >= 0.6 is 11.8 Å². The monoisotopic (exact) mass is 298 g/mol. The van der Waals surface area contributed by atoms with Crippen molar-refractivity contribution in [1.82, 2.24) is 9.62 Å². The van der Waals surface area contributed by atoms with Crippen LogP contribution in [0.15, 0.2) is 23.1 Å². The van der Waals surface area contributed by atoms with Crippen LogP contribution in [0.4, 0.5) is 0 Å². The first-order valence-electron chi connectivity index (χ1n) is 6.58. The van der Waals surface area contributed by atoms with Gasteiger partial charge in [0.15, 0.2) is 0 Å². The quantitative estimate of drug-likeness (QED) is 0.897. The second-order valence-corrected chi connectivity index (χ2v) is 8.07. The molecule has 0 spiro atoms. The van der Waals surface area contributed by atoms with Gasteiger partial charge >= 0.3 is 0 Å². The summed E-state index contributed by atoms with van der Waals surface area (Å²) in [7, 11) is -3.31. The van der Waals surface area contributed by atoms with E-state index in [0.717, 1.165) is 36.6 Å². The first kappa shape index (κ1) is 13.4. The maximum atomic E-state index is 12.6. The molecule has 1 fully saturated rings. The molecule has 1 saturated heterocycles. The zero-order valence-corrected chi connectivity index (χ0v) is 12.4. The van der Waals surface area contributed by atoms with E-state index in [-0.39, 0.29) is 0 Å². The molecule has 0 amide bonds. The number of nitrogens with one attached hydrogen (secondary N) is 1. The van der Waals surface area contributed by atoms with Gasteiger partial charge in [0.25, 0.3) is 0 Å². The third-order valence-corrected chi connectivity index (χ3v) is 6.57. The topological polar surface area (TPSA) is 49.4 Å². The zero-order chi connectivity index (χ0) is 13.3. The number of benzene rings is 1. The van der Waals surface area contributed by atoms with E-state index in [0.29, 0.717) is 18.0 Å². The fourth-order valence-corrected chi connectivity index (χ4v) is 5.08. The number of hydrogen-bond donors (Lipinski definition) is 1. The molecular weight excluding hydrogens is 280 g/mol. The van der Waals surface area contributed by atoms with Crippen LogP contribution in [0.1, 0.15) is 17.5 Å². The van der Waals surface area contributed by atoms with Crippen molar-refractivity contribution in [1.29, 1.82) is 0 Å². The molecule has 0 radical (unpaired) electrons. The average Bonchev–Trinajstić information content (AvgIpc) is 2.69. The van der Waals surface area contributed by atoms with Crippen LogP contribution in [0, 0.1) is 0 Å². The predicted octanol–water partition coefficient (Wildman–Crippen LogP) is 1.42. The van der Waals surface area contributed by atoms with Gasteiger partial charge in [-0.2, -0.15) is 16.1 Å². The summed E-state index contributed by atoms with van der Waals surface area (Å²) in [6.45, 7) is 2.89. The molecule has 1 aromatic rings. The Balaban J connectivity index is 1.90. The lowest BCUT2D eigenvalue weighted by Crippen LogP contribution is -2.33. The van der Waals surface area contributed by atoms with Gasteiger partial charge in [-0.05, 0) is 35.4 Å². The van der Waals surface area contributed by atoms with E-state index >= 15 is 0 Å². The smallest absolute Gasteiger partial charge is 0.243 e. The van der Waals surface area contributed by atoms with Crippen molar-refractivity contribution >= 4 is 21.8 Å². The fraction of sp³-hybridized carbons (Fsp3) is 0.538. The van der Waals surface area contributed by atoms with Crippen LogP contribution in [-0.2, 0) is 23.1 Å². The molecule has 3 rings (SSSR count). The molecule has 104 valence electrons. The maximum Gasteiger partial charge on any atom is 0.243 e. The summed E-state index contributed by atoms with van der Waals surface area (Å²) in [5.41, 5.74) is 2.33. The summed E-state index contributed by atoms with van der Waals surface area (Å²) >= 11 is 1.83. The third-order valence-electron chi connectivity index (χ3n) is 3.63. The lowest BCUT2D eigenvalue weighted by Gasteiger charge is -2.20. The number of fused-ring (bicyclic) bond motifs is 1. The van der Waals surface area contributed by atoms with E-state index in [2.05, 4.69) is 5.32 Å². The fourth-order valence-electron chi connectivity index (χ4n) is 2.54. The standard InChI is InChI=1S/C13H18N2O2S2/c16-19(17,15-4-1-6-18-7-5-15)13-3-2-11-9-14-10-12(11)8-13/h2-3,8,14H,1,4-7,9-10H2. The molecule has 2 aliphatic heterocycles. The molecular formula is C13H18N2O2S2. The molecule has 2 heterocycles. The molecule has 2 aliphatic rings. The van der Waals surface area contributed by atoms with E-state index in [1.165, 1.54) is 5.56 Å². The Morgan fingerprint density at radius 3 is 2.84 bits per heavy atom. The molecule has 4 nitrogen and oxygen atoms in total. The van der Waals surface area contributed by atoms with Crippen molar-refractivity contribution in [2.45, 2.75) is 24.4 Å². The van der Waals surface area contributed by atoms with Gasteiger partial charge in [0.1, 0.15) is 0 Å². The first-order valence-corrected chi connectivity index (χ1v) is 9.18. The van der Waals surface area contributed by atoms with E-state index in [4.69, 9.17) is 0 Å². The highest BCUT2D eigenvalue weighted by atomic mass is 32.2. The number of thioether (sulfide) groups is 1. The molecule has 0 bridgehead atoms. The second kappa shape index (κ2) is 5.44. The Labute approximate surface area is 118 Å². The largest absolute Gasteiger partial charge is 0.309 e. The molecule has 0 unspecified atom stereocenters. The highest BCUT2D eigenvalue weighted by Crippen LogP contribution is 2.24. The average molecular weight is 298 g/mol. The van der Waals surface area contributed by atoms with Crippen LogP contribution in [0.2, 0.25) is 0 Å². The van der Waals surface area contributed by atoms with Gasteiger partial charge in [-0.3, -0.25) is 0 Å². The Morgan fingerprint density at radius 2 is 1.95 bits per heavy atom. The van der Waals surface area contributed by atoms with E-state index in [1.54, 1.807) is 10.4 Å². The van der Waals surface area contributed by atoms with Crippen molar-refractivity contribution in [3.8, 4) is 0 Å². The van der Waals surface area contributed by atoms with Crippen molar-refractivity contribution in [3.05, 3.63) is 29.3 Å². The highest BCUT2D eigenvalue weighted by molar-refractivity contribution is 7.99. The van der Waals surface area contributed by atoms with Gasteiger partial charge in [0.2, 0.25) is 10.0 Å². The van der Waals surface area contributed by atoms with Crippen molar-refractivity contribution in [2.24, 2.45) is 0 Å².